The Hall–Kier alpha value is -1.74. The van der Waals surface area contributed by atoms with Crippen molar-refractivity contribution in [2.45, 2.75) is 11.3 Å². The zero-order chi connectivity index (χ0) is 11.6. The van der Waals surface area contributed by atoms with Crippen molar-refractivity contribution in [3.63, 3.8) is 0 Å². The first-order valence-electron chi connectivity index (χ1n) is 4.63. The summed E-state index contributed by atoms with van der Waals surface area (Å²) in [5.74, 6) is 0.792. The van der Waals surface area contributed by atoms with E-state index in [-0.39, 0.29) is 23.9 Å². The van der Waals surface area contributed by atoms with E-state index in [0.717, 1.165) is 0 Å². The van der Waals surface area contributed by atoms with E-state index >= 15 is 0 Å². The number of hydrogen-bond donors (Lipinski definition) is 0. The summed E-state index contributed by atoms with van der Waals surface area (Å²) in [6.07, 6.45) is -0.0171. The maximum absolute atomic E-state index is 11.7. The fraction of sp³-hybridized carbons (Fsp3) is 0.300. The van der Waals surface area contributed by atoms with Gasteiger partial charge in [0.1, 0.15) is 0 Å². The van der Waals surface area contributed by atoms with Gasteiger partial charge in [-0.05, 0) is 12.1 Å². The SMILES string of the molecule is N#CCCS(=O)(=O)c1ccc2c(c1)OCO2. The van der Waals surface area contributed by atoms with Crippen LogP contribution in [0, 0.1) is 11.3 Å². The van der Waals surface area contributed by atoms with Crippen molar-refractivity contribution in [3.8, 4) is 17.6 Å². The highest BCUT2D eigenvalue weighted by atomic mass is 32.2. The lowest BCUT2D eigenvalue weighted by atomic mass is 10.3. The molecule has 0 saturated heterocycles. The molecule has 0 fully saturated rings. The van der Waals surface area contributed by atoms with Gasteiger partial charge in [-0.15, -0.1) is 0 Å². The molecule has 2 rings (SSSR count). The lowest BCUT2D eigenvalue weighted by molar-refractivity contribution is 0.174. The summed E-state index contributed by atoms with van der Waals surface area (Å²) in [6, 6.07) is 6.25. The highest BCUT2D eigenvalue weighted by Crippen LogP contribution is 2.34. The van der Waals surface area contributed by atoms with Crippen LogP contribution in [0.3, 0.4) is 0 Å². The molecule has 0 aromatic heterocycles. The van der Waals surface area contributed by atoms with E-state index in [4.69, 9.17) is 14.7 Å². The minimum absolute atomic E-state index is 0.0171. The summed E-state index contributed by atoms with van der Waals surface area (Å²) in [4.78, 5) is 0.159. The first kappa shape index (κ1) is 10.8. The van der Waals surface area contributed by atoms with Crippen molar-refractivity contribution in [2.75, 3.05) is 12.5 Å². The van der Waals surface area contributed by atoms with Gasteiger partial charge in [-0.3, -0.25) is 0 Å². The van der Waals surface area contributed by atoms with Crippen molar-refractivity contribution >= 4 is 9.84 Å². The third-order valence-corrected chi connectivity index (χ3v) is 3.90. The van der Waals surface area contributed by atoms with Gasteiger partial charge >= 0.3 is 0 Å². The zero-order valence-electron chi connectivity index (χ0n) is 8.34. The molecule has 0 atom stereocenters. The number of hydrogen-bond acceptors (Lipinski definition) is 5. The highest BCUT2D eigenvalue weighted by Gasteiger charge is 2.19. The van der Waals surface area contributed by atoms with Crippen molar-refractivity contribution in [1.29, 1.82) is 5.26 Å². The maximum atomic E-state index is 11.7. The third-order valence-electron chi connectivity index (χ3n) is 2.19. The molecule has 1 aromatic carbocycles. The van der Waals surface area contributed by atoms with Gasteiger partial charge in [0.05, 0.1) is 16.7 Å². The Balaban J connectivity index is 2.32. The van der Waals surface area contributed by atoms with Gasteiger partial charge in [0, 0.05) is 12.5 Å². The summed E-state index contributed by atoms with van der Waals surface area (Å²) in [5, 5.41) is 8.37. The number of nitrogens with zero attached hydrogens (tertiary/aromatic N) is 1. The van der Waals surface area contributed by atoms with E-state index in [0.29, 0.717) is 11.5 Å². The van der Waals surface area contributed by atoms with Crippen LogP contribution in [0.5, 0.6) is 11.5 Å². The van der Waals surface area contributed by atoms with Gasteiger partial charge in [-0.25, -0.2) is 8.42 Å². The second kappa shape index (κ2) is 4.02. The van der Waals surface area contributed by atoms with Crippen LogP contribution in [0.2, 0.25) is 0 Å². The molecule has 1 heterocycles. The number of benzene rings is 1. The predicted molar refractivity (Wildman–Crippen MR) is 54.8 cm³/mol. The van der Waals surface area contributed by atoms with Crippen LogP contribution >= 0.6 is 0 Å². The molecule has 0 unspecified atom stereocenters. The molecule has 0 saturated carbocycles. The quantitative estimate of drug-likeness (QED) is 0.789. The van der Waals surface area contributed by atoms with Crippen molar-refractivity contribution < 1.29 is 17.9 Å². The van der Waals surface area contributed by atoms with Crippen molar-refractivity contribution in [3.05, 3.63) is 18.2 Å². The monoisotopic (exact) mass is 239 g/mol. The Morgan fingerprint density at radius 1 is 1.31 bits per heavy atom. The Labute approximate surface area is 93.1 Å². The Morgan fingerprint density at radius 2 is 2.06 bits per heavy atom. The minimum atomic E-state index is -3.40. The molecular formula is C10H9NO4S. The Kier molecular flexibility index (Phi) is 2.71. The summed E-state index contributed by atoms with van der Waals surface area (Å²) >= 11 is 0. The average molecular weight is 239 g/mol. The molecule has 5 nitrogen and oxygen atoms in total. The van der Waals surface area contributed by atoms with Crippen LogP contribution in [0.15, 0.2) is 23.1 Å². The van der Waals surface area contributed by atoms with E-state index in [9.17, 15) is 8.42 Å². The second-order valence-corrected chi connectivity index (χ2v) is 5.35. The minimum Gasteiger partial charge on any atom is -0.454 e. The zero-order valence-corrected chi connectivity index (χ0v) is 9.16. The molecule has 1 aromatic rings. The van der Waals surface area contributed by atoms with Crippen LogP contribution in [-0.2, 0) is 9.84 Å². The molecule has 0 N–H and O–H groups in total. The number of nitriles is 1. The number of rotatable bonds is 3. The summed E-state index contributed by atoms with van der Waals surface area (Å²) in [5.41, 5.74) is 0. The molecule has 0 spiro atoms. The van der Waals surface area contributed by atoms with Crippen molar-refractivity contribution in [2.24, 2.45) is 0 Å². The number of sulfone groups is 1. The Morgan fingerprint density at radius 3 is 2.81 bits per heavy atom. The fourth-order valence-electron chi connectivity index (χ4n) is 1.37. The summed E-state index contributed by atoms with van der Waals surface area (Å²) in [6.45, 7) is 0.108. The third kappa shape index (κ3) is 1.95. The average Bonchev–Trinajstić information content (AvgIpc) is 2.73. The summed E-state index contributed by atoms with van der Waals surface area (Å²) in [7, 11) is -3.40. The van der Waals surface area contributed by atoms with Crippen LogP contribution in [0.25, 0.3) is 0 Å². The van der Waals surface area contributed by atoms with E-state index in [1.54, 1.807) is 6.07 Å². The van der Waals surface area contributed by atoms with Crippen LogP contribution in [-0.4, -0.2) is 21.0 Å². The molecule has 84 valence electrons. The molecule has 0 radical (unpaired) electrons. The normalized spacial score (nSPS) is 13.4. The topological polar surface area (TPSA) is 76.4 Å². The molecule has 0 aliphatic carbocycles. The lowest BCUT2D eigenvalue weighted by Crippen LogP contribution is -2.06. The molecule has 6 heteroatoms. The van der Waals surface area contributed by atoms with Gasteiger partial charge < -0.3 is 9.47 Å². The summed E-state index contributed by atoms with van der Waals surface area (Å²) < 4.78 is 33.7. The van der Waals surface area contributed by atoms with E-state index in [1.165, 1.54) is 12.1 Å². The fourth-order valence-corrected chi connectivity index (χ4v) is 2.53. The first-order chi connectivity index (χ1) is 7.63. The first-order valence-corrected chi connectivity index (χ1v) is 6.28. The lowest BCUT2D eigenvalue weighted by Gasteiger charge is -2.03. The molecule has 1 aliphatic rings. The van der Waals surface area contributed by atoms with Gasteiger partial charge in [0.2, 0.25) is 6.79 Å². The van der Waals surface area contributed by atoms with Crippen molar-refractivity contribution in [1.82, 2.24) is 0 Å². The van der Waals surface area contributed by atoms with Gasteiger partial charge in [-0.2, -0.15) is 5.26 Å². The second-order valence-electron chi connectivity index (χ2n) is 3.24. The standard InChI is InChI=1S/C10H9NO4S/c11-4-1-5-16(12,13)8-2-3-9-10(6-8)15-7-14-9/h2-3,6H,1,5,7H2. The van der Waals surface area contributed by atoms with Crippen LogP contribution in [0.1, 0.15) is 6.42 Å². The smallest absolute Gasteiger partial charge is 0.231 e. The van der Waals surface area contributed by atoms with Gasteiger partial charge in [-0.1, -0.05) is 0 Å². The maximum Gasteiger partial charge on any atom is 0.231 e. The van der Waals surface area contributed by atoms with E-state index < -0.39 is 9.84 Å². The molecular weight excluding hydrogens is 230 g/mol. The number of fused-ring (bicyclic) bond motifs is 1. The van der Waals surface area contributed by atoms with E-state index in [1.807, 2.05) is 6.07 Å². The van der Waals surface area contributed by atoms with Crippen LogP contribution < -0.4 is 9.47 Å². The molecule has 1 aliphatic heterocycles. The molecule has 0 bridgehead atoms. The molecule has 16 heavy (non-hydrogen) atoms. The molecule has 0 amide bonds. The van der Waals surface area contributed by atoms with E-state index in [2.05, 4.69) is 0 Å². The predicted octanol–water partition coefficient (Wildman–Crippen LogP) is 1.10. The largest absolute Gasteiger partial charge is 0.454 e. The highest BCUT2D eigenvalue weighted by molar-refractivity contribution is 7.91. The van der Waals surface area contributed by atoms with Crippen LogP contribution in [0.4, 0.5) is 0 Å². The number of ether oxygens (including phenoxy) is 2. The van der Waals surface area contributed by atoms with Gasteiger partial charge in [0.25, 0.3) is 0 Å². The van der Waals surface area contributed by atoms with Gasteiger partial charge in [0.15, 0.2) is 21.3 Å². The Bertz CT molecular complexity index is 544.